The summed E-state index contributed by atoms with van der Waals surface area (Å²) in [6.45, 7) is 0.742. The molecule has 1 fully saturated rings. The predicted octanol–water partition coefficient (Wildman–Crippen LogP) is -0.719. The lowest BCUT2D eigenvalue weighted by Crippen LogP contribution is -1.92. The number of rotatable bonds is 1. The molecule has 0 aliphatic carbocycles. The molecule has 0 N–H and O–H groups in total. The fourth-order valence-electron chi connectivity index (χ4n) is 0.625. The Balaban J connectivity index is 2.28. The highest BCUT2D eigenvalue weighted by Crippen LogP contribution is 2.25. The molecular weight excluding hydrogens is 120 g/mol. The standard InChI is InChI=1S/C4H6N4O/c1-8-6-4(5-7-8)3-2-9-3/h3H,2H2,1H3/t3-/m0/s1. The Morgan fingerprint density at radius 1 is 1.78 bits per heavy atom. The number of hydrogen-bond donors (Lipinski definition) is 0. The second-order valence-corrected chi connectivity index (χ2v) is 1.96. The van der Waals surface area contributed by atoms with E-state index in [2.05, 4.69) is 15.4 Å². The predicted molar refractivity (Wildman–Crippen MR) is 27.5 cm³/mol. The number of tetrazole rings is 1. The Morgan fingerprint density at radius 3 is 3.00 bits per heavy atom. The van der Waals surface area contributed by atoms with Gasteiger partial charge in [0.2, 0.25) is 5.82 Å². The SMILES string of the molecule is Cn1nnc([C@@H]2CO2)n1. The summed E-state index contributed by atoms with van der Waals surface area (Å²) in [6, 6.07) is 0. The third kappa shape index (κ3) is 0.787. The minimum absolute atomic E-state index is 0.124. The zero-order chi connectivity index (χ0) is 6.27. The Hall–Kier alpha value is -0.970. The molecule has 1 aromatic heterocycles. The van der Waals surface area contributed by atoms with Crippen LogP contribution in [0, 0.1) is 0 Å². The minimum atomic E-state index is 0.124. The maximum absolute atomic E-state index is 4.93. The monoisotopic (exact) mass is 126 g/mol. The number of aromatic nitrogens is 4. The van der Waals surface area contributed by atoms with Crippen molar-refractivity contribution in [1.82, 2.24) is 20.2 Å². The van der Waals surface area contributed by atoms with Crippen LogP contribution in [-0.2, 0) is 11.8 Å². The van der Waals surface area contributed by atoms with Crippen LogP contribution in [0.2, 0.25) is 0 Å². The van der Waals surface area contributed by atoms with Crippen molar-refractivity contribution in [2.75, 3.05) is 6.61 Å². The summed E-state index contributed by atoms with van der Waals surface area (Å²) in [5.41, 5.74) is 0. The summed E-state index contributed by atoms with van der Waals surface area (Å²) < 4.78 is 4.93. The lowest BCUT2D eigenvalue weighted by molar-refractivity contribution is 0.405. The fourth-order valence-corrected chi connectivity index (χ4v) is 0.625. The Bertz CT molecular complexity index is 216. The molecule has 1 aliphatic rings. The van der Waals surface area contributed by atoms with Gasteiger partial charge in [-0.25, -0.2) is 0 Å². The van der Waals surface area contributed by atoms with E-state index in [4.69, 9.17) is 4.74 Å². The van der Waals surface area contributed by atoms with Crippen molar-refractivity contribution in [2.24, 2.45) is 7.05 Å². The van der Waals surface area contributed by atoms with E-state index < -0.39 is 0 Å². The van der Waals surface area contributed by atoms with Gasteiger partial charge < -0.3 is 4.74 Å². The lowest BCUT2D eigenvalue weighted by atomic mass is 10.5. The van der Waals surface area contributed by atoms with Crippen molar-refractivity contribution in [3.05, 3.63) is 5.82 Å². The first-order valence-corrected chi connectivity index (χ1v) is 2.72. The van der Waals surface area contributed by atoms with Crippen molar-refractivity contribution >= 4 is 0 Å². The van der Waals surface area contributed by atoms with E-state index in [0.29, 0.717) is 5.82 Å². The van der Waals surface area contributed by atoms with Crippen LogP contribution >= 0.6 is 0 Å². The van der Waals surface area contributed by atoms with Gasteiger partial charge in [0.05, 0.1) is 13.7 Å². The molecule has 1 saturated heterocycles. The molecule has 0 unspecified atom stereocenters. The molecule has 9 heavy (non-hydrogen) atoms. The van der Waals surface area contributed by atoms with Gasteiger partial charge in [0, 0.05) is 0 Å². The average Bonchev–Trinajstić information content (AvgIpc) is 2.58. The second kappa shape index (κ2) is 1.51. The molecule has 1 aromatic rings. The van der Waals surface area contributed by atoms with Crippen LogP contribution in [0.1, 0.15) is 11.9 Å². The molecular formula is C4H6N4O. The van der Waals surface area contributed by atoms with Crippen molar-refractivity contribution in [2.45, 2.75) is 6.10 Å². The molecule has 1 atom stereocenters. The van der Waals surface area contributed by atoms with Crippen LogP contribution in [-0.4, -0.2) is 26.8 Å². The summed E-state index contributed by atoms with van der Waals surface area (Å²) >= 11 is 0. The summed E-state index contributed by atoms with van der Waals surface area (Å²) in [7, 11) is 1.74. The maximum Gasteiger partial charge on any atom is 0.205 e. The number of hydrogen-bond acceptors (Lipinski definition) is 4. The van der Waals surface area contributed by atoms with Gasteiger partial charge >= 0.3 is 0 Å². The number of epoxide rings is 1. The third-order valence-corrected chi connectivity index (χ3v) is 1.15. The van der Waals surface area contributed by atoms with Gasteiger partial charge in [-0.15, -0.1) is 10.2 Å². The van der Waals surface area contributed by atoms with Crippen LogP contribution in [0.3, 0.4) is 0 Å². The largest absolute Gasteiger partial charge is 0.364 e. The quantitative estimate of drug-likeness (QED) is 0.466. The smallest absolute Gasteiger partial charge is 0.205 e. The molecule has 0 saturated carbocycles. The van der Waals surface area contributed by atoms with Crippen molar-refractivity contribution in [3.63, 3.8) is 0 Å². The average molecular weight is 126 g/mol. The zero-order valence-corrected chi connectivity index (χ0v) is 4.98. The first-order valence-electron chi connectivity index (χ1n) is 2.72. The van der Waals surface area contributed by atoms with E-state index in [1.165, 1.54) is 4.80 Å². The molecule has 1 aliphatic heterocycles. The lowest BCUT2D eigenvalue weighted by Gasteiger charge is -1.77. The summed E-state index contributed by atoms with van der Waals surface area (Å²) in [5.74, 6) is 0.692. The van der Waals surface area contributed by atoms with E-state index in [1.54, 1.807) is 7.05 Å². The van der Waals surface area contributed by atoms with Gasteiger partial charge in [-0.1, -0.05) is 0 Å². The van der Waals surface area contributed by atoms with Crippen molar-refractivity contribution in [1.29, 1.82) is 0 Å². The zero-order valence-electron chi connectivity index (χ0n) is 4.98. The van der Waals surface area contributed by atoms with Gasteiger partial charge in [0.1, 0.15) is 6.10 Å². The van der Waals surface area contributed by atoms with Gasteiger partial charge in [-0.2, -0.15) is 4.80 Å². The molecule has 48 valence electrons. The highest BCUT2D eigenvalue weighted by atomic mass is 16.6. The maximum atomic E-state index is 4.93. The topological polar surface area (TPSA) is 56.1 Å². The van der Waals surface area contributed by atoms with Crippen molar-refractivity contribution < 1.29 is 4.74 Å². The first-order chi connectivity index (χ1) is 4.36. The molecule has 0 radical (unpaired) electrons. The second-order valence-electron chi connectivity index (χ2n) is 1.96. The van der Waals surface area contributed by atoms with E-state index in [0.717, 1.165) is 6.61 Å². The van der Waals surface area contributed by atoms with Gasteiger partial charge in [-0.05, 0) is 5.21 Å². The first kappa shape index (κ1) is 4.87. The Labute approximate surface area is 51.6 Å². The molecule has 5 nitrogen and oxygen atoms in total. The Kier molecular flexibility index (Phi) is 0.814. The number of nitrogens with zero attached hydrogens (tertiary/aromatic N) is 4. The van der Waals surface area contributed by atoms with Gasteiger partial charge in [0.15, 0.2) is 0 Å². The number of ether oxygens (including phenoxy) is 1. The molecule has 5 heteroatoms. The van der Waals surface area contributed by atoms with E-state index in [-0.39, 0.29) is 6.10 Å². The Morgan fingerprint density at radius 2 is 2.56 bits per heavy atom. The van der Waals surface area contributed by atoms with E-state index in [9.17, 15) is 0 Å². The van der Waals surface area contributed by atoms with Gasteiger partial charge in [0.25, 0.3) is 0 Å². The summed E-state index contributed by atoms with van der Waals surface area (Å²) in [6.07, 6.45) is 0.124. The fraction of sp³-hybridized carbons (Fsp3) is 0.750. The van der Waals surface area contributed by atoms with E-state index in [1.807, 2.05) is 0 Å². The third-order valence-electron chi connectivity index (χ3n) is 1.15. The van der Waals surface area contributed by atoms with Crippen LogP contribution < -0.4 is 0 Å². The van der Waals surface area contributed by atoms with Crippen LogP contribution in [0.25, 0.3) is 0 Å². The summed E-state index contributed by atoms with van der Waals surface area (Å²) in [4.78, 5) is 1.43. The molecule has 0 aromatic carbocycles. The van der Waals surface area contributed by atoms with Crippen LogP contribution in [0.4, 0.5) is 0 Å². The van der Waals surface area contributed by atoms with E-state index >= 15 is 0 Å². The normalized spacial score (nSPS) is 24.3. The van der Waals surface area contributed by atoms with Crippen molar-refractivity contribution in [3.8, 4) is 0 Å². The van der Waals surface area contributed by atoms with Crippen LogP contribution in [0.5, 0.6) is 0 Å². The molecule has 2 heterocycles. The molecule has 2 rings (SSSR count). The number of aryl methyl sites for hydroxylation is 1. The highest BCUT2D eigenvalue weighted by Gasteiger charge is 2.29. The minimum Gasteiger partial charge on any atom is -0.364 e. The van der Waals surface area contributed by atoms with Crippen LogP contribution in [0.15, 0.2) is 0 Å². The molecule has 0 spiro atoms. The molecule has 0 amide bonds. The summed E-state index contributed by atoms with van der Waals surface area (Å²) in [5, 5.41) is 11.4. The highest BCUT2D eigenvalue weighted by molar-refractivity contribution is 4.91. The van der Waals surface area contributed by atoms with Gasteiger partial charge in [-0.3, -0.25) is 0 Å². The molecule has 0 bridgehead atoms.